The summed E-state index contributed by atoms with van der Waals surface area (Å²) in [5.74, 6) is 1.27. The molecule has 0 saturated heterocycles. The van der Waals surface area contributed by atoms with Crippen molar-refractivity contribution in [3.8, 4) is 11.5 Å². The third kappa shape index (κ3) is 2.65. The highest BCUT2D eigenvalue weighted by Gasteiger charge is 2.15. The maximum Gasteiger partial charge on any atom is 0.142 e. The molecule has 0 unspecified atom stereocenters. The number of ether oxygens (including phenoxy) is 1. The lowest BCUT2D eigenvalue weighted by molar-refractivity contribution is 0.322. The predicted molar refractivity (Wildman–Crippen MR) is 75.7 cm³/mol. The predicted octanol–water partition coefficient (Wildman–Crippen LogP) is 3.18. The van der Waals surface area contributed by atoms with Gasteiger partial charge in [-0.1, -0.05) is 24.3 Å². The molecule has 0 bridgehead atoms. The largest absolute Gasteiger partial charge is 0.508 e. The number of rotatable bonds is 2. The van der Waals surface area contributed by atoms with Gasteiger partial charge in [-0.3, -0.25) is 0 Å². The molecular formula is C16H17NO2. The minimum absolute atomic E-state index is 0.309. The third-order valence-electron chi connectivity index (χ3n) is 3.35. The summed E-state index contributed by atoms with van der Waals surface area (Å²) in [6.45, 7) is 2.58. The first-order chi connectivity index (χ1) is 9.33. The van der Waals surface area contributed by atoms with E-state index in [9.17, 15) is 5.11 Å². The van der Waals surface area contributed by atoms with Gasteiger partial charge < -0.3 is 14.7 Å². The minimum atomic E-state index is 0.309. The first-order valence-electron chi connectivity index (χ1n) is 6.57. The zero-order chi connectivity index (χ0) is 13.1. The molecule has 2 aromatic carbocycles. The first kappa shape index (κ1) is 11.9. The molecule has 3 rings (SSSR count). The smallest absolute Gasteiger partial charge is 0.142 e. The van der Waals surface area contributed by atoms with Crippen molar-refractivity contribution >= 4 is 5.69 Å². The van der Waals surface area contributed by atoms with Gasteiger partial charge in [-0.25, -0.2) is 0 Å². The number of benzene rings is 2. The summed E-state index contributed by atoms with van der Waals surface area (Å²) in [7, 11) is 0. The van der Waals surface area contributed by atoms with E-state index < -0.39 is 0 Å². The number of aromatic hydroxyl groups is 1. The normalized spacial score (nSPS) is 14.4. The van der Waals surface area contributed by atoms with Crippen LogP contribution in [0.25, 0.3) is 0 Å². The van der Waals surface area contributed by atoms with Gasteiger partial charge in [0.2, 0.25) is 0 Å². The number of fused-ring (bicyclic) bond motifs is 1. The molecule has 0 fully saturated rings. The van der Waals surface area contributed by atoms with Crippen LogP contribution in [0.5, 0.6) is 11.5 Å². The Labute approximate surface area is 113 Å². The second kappa shape index (κ2) is 5.22. The summed E-state index contributed by atoms with van der Waals surface area (Å²) in [6, 6.07) is 15.5. The van der Waals surface area contributed by atoms with Gasteiger partial charge in [-0.2, -0.15) is 0 Å². The number of phenols is 1. The molecule has 98 valence electrons. The SMILES string of the molecule is Oc1ccc(CN2CCCOc3ccccc32)cc1. The van der Waals surface area contributed by atoms with Crippen LogP contribution in [0, 0.1) is 0 Å². The van der Waals surface area contributed by atoms with Crippen LogP contribution < -0.4 is 9.64 Å². The summed E-state index contributed by atoms with van der Waals surface area (Å²) in [5.41, 5.74) is 2.34. The van der Waals surface area contributed by atoms with Crippen molar-refractivity contribution in [1.82, 2.24) is 0 Å². The quantitative estimate of drug-likeness (QED) is 0.894. The Balaban J connectivity index is 1.86. The maximum atomic E-state index is 9.33. The van der Waals surface area contributed by atoms with Gasteiger partial charge in [0.1, 0.15) is 11.5 Å². The lowest BCUT2D eigenvalue weighted by atomic mass is 10.2. The molecule has 0 aromatic heterocycles. The summed E-state index contributed by atoms with van der Waals surface area (Å²) in [6.07, 6.45) is 1.02. The molecule has 3 nitrogen and oxygen atoms in total. The van der Waals surface area contributed by atoms with E-state index in [1.165, 1.54) is 5.56 Å². The number of para-hydroxylation sites is 2. The van der Waals surface area contributed by atoms with Crippen molar-refractivity contribution in [2.45, 2.75) is 13.0 Å². The average molecular weight is 255 g/mol. The van der Waals surface area contributed by atoms with E-state index in [1.54, 1.807) is 12.1 Å². The van der Waals surface area contributed by atoms with Crippen molar-refractivity contribution in [2.24, 2.45) is 0 Å². The second-order valence-electron chi connectivity index (χ2n) is 4.76. The van der Waals surface area contributed by atoms with Crippen molar-refractivity contribution in [3.63, 3.8) is 0 Å². The number of hydrogen-bond donors (Lipinski definition) is 1. The number of nitrogens with zero attached hydrogens (tertiary/aromatic N) is 1. The van der Waals surface area contributed by atoms with Gasteiger partial charge in [-0.05, 0) is 36.2 Å². The van der Waals surface area contributed by atoms with Crippen molar-refractivity contribution < 1.29 is 9.84 Å². The Morgan fingerprint density at radius 1 is 1.05 bits per heavy atom. The fraction of sp³-hybridized carbons (Fsp3) is 0.250. The Kier molecular flexibility index (Phi) is 3.27. The topological polar surface area (TPSA) is 32.7 Å². The molecule has 0 spiro atoms. The Hall–Kier alpha value is -2.16. The Morgan fingerprint density at radius 3 is 2.68 bits per heavy atom. The average Bonchev–Trinajstić information content (AvgIpc) is 2.64. The van der Waals surface area contributed by atoms with Crippen LogP contribution in [0.3, 0.4) is 0 Å². The van der Waals surface area contributed by atoms with Crippen LogP contribution in [0.2, 0.25) is 0 Å². The number of phenolic OH excluding ortho intramolecular Hbond substituents is 1. The summed E-state index contributed by atoms with van der Waals surface area (Å²) >= 11 is 0. The third-order valence-corrected chi connectivity index (χ3v) is 3.35. The van der Waals surface area contributed by atoms with Crippen LogP contribution in [0.4, 0.5) is 5.69 Å². The van der Waals surface area contributed by atoms with Crippen molar-refractivity contribution in [2.75, 3.05) is 18.1 Å². The molecule has 0 saturated carbocycles. The molecule has 1 aliphatic rings. The standard InChI is InChI=1S/C16H17NO2/c18-14-8-6-13(7-9-14)12-17-10-3-11-19-16-5-2-1-4-15(16)17/h1-2,4-9,18H,3,10-12H2. The summed E-state index contributed by atoms with van der Waals surface area (Å²) in [5, 5.41) is 9.33. The Morgan fingerprint density at radius 2 is 1.84 bits per heavy atom. The molecule has 0 aliphatic carbocycles. The van der Waals surface area contributed by atoms with Crippen LogP contribution in [-0.4, -0.2) is 18.3 Å². The number of anilines is 1. The zero-order valence-corrected chi connectivity index (χ0v) is 10.7. The molecule has 1 N–H and O–H groups in total. The van der Waals surface area contributed by atoms with Gasteiger partial charge in [0.15, 0.2) is 0 Å². The first-order valence-corrected chi connectivity index (χ1v) is 6.57. The van der Waals surface area contributed by atoms with E-state index in [-0.39, 0.29) is 0 Å². The maximum absolute atomic E-state index is 9.33. The molecule has 0 amide bonds. The summed E-state index contributed by atoms with van der Waals surface area (Å²) in [4.78, 5) is 2.33. The van der Waals surface area contributed by atoms with Crippen LogP contribution >= 0.6 is 0 Å². The molecule has 1 heterocycles. The molecule has 0 radical (unpaired) electrons. The van der Waals surface area contributed by atoms with Crippen molar-refractivity contribution in [1.29, 1.82) is 0 Å². The highest BCUT2D eigenvalue weighted by atomic mass is 16.5. The van der Waals surface area contributed by atoms with Gasteiger partial charge in [-0.15, -0.1) is 0 Å². The molecule has 19 heavy (non-hydrogen) atoms. The monoisotopic (exact) mass is 255 g/mol. The van der Waals surface area contributed by atoms with E-state index in [1.807, 2.05) is 30.3 Å². The van der Waals surface area contributed by atoms with E-state index in [0.29, 0.717) is 5.75 Å². The lowest BCUT2D eigenvalue weighted by Crippen LogP contribution is -2.23. The molecule has 1 aliphatic heterocycles. The van der Waals surface area contributed by atoms with Gasteiger partial charge in [0.25, 0.3) is 0 Å². The molecular weight excluding hydrogens is 238 g/mol. The van der Waals surface area contributed by atoms with Crippen LogP contribution in [0.1, 0.15) is 12.0 Å². The zero-order valence-electron chi connectivity index (χ0n) is 10.7. The van der Waals surface area contributed by atoms with Gasteiger partial charge in [0.05, 0.1) is 12.3 Å². The lowest BCUT2D eigenvalue weighted by Gasteiger charge is -2.23. The minimum Gasteiger partial charge on any atom is -0.508 e. The van der Waals surface area contributed by atoms with E-state index >= 15 is 0 Å². The molecule has 2 aromatic rings. The van der Waals surface area contributed by atoms with E-state index in [2.05, 4.69) is 11.0 Å². The van der Waals surface area contributed by atoms with Gasteiger partial charge >= 0.3 is 0 Å². The summed E-state index contributed by atoms with van der Waals surface area (Å²) < 4.78 is 5.75. The number of hydrogen-bond acceptors (Lipinski definition) is 3. The fourth-order valence-electron chi connectivity index (χ4n) is 2.38. The molecule has 0 atom stereocenters. The fourth-order valence-corrected chi connectivity index (χ4v) is 2.38. The Bertz CT molecular complexity index is 551. The van der Waals surface area contributed by atoms with E-state index in [0.717, 1.165) is 37.6 Å². The highest BCUT2D eigenvalue weighted by Crippen LogP contribution is 2.31. The second-order valence-corrected chi connectivity index (χ2v) is 4.76. The van der Waals surface area contributed by atoms with Gasteiger partial charge in [0, 0.05) is 13.1 Å². The highest BCUT2D eigenvalue weighted by molar-refractivity contribution is 5.59. The van der Waals surface area contributed by atoms with Crippen LogP contribution in [0.15, 0.2) is 48.5 Å². The van der Waals surface area contributed by atoms with Crippen LogP contribution in [-0.2, 0) is 6.54 Å². The van der Waals surface area contributed by atoms with Crippen molar-refractivity contribution in [3.05, 3.63) is 54.1 Å². The van der Waals surface area contributed by atoms with E-state index in [4.69, 9.17) is 4.74 Å². The molecule has 3 heteroatoms.